The van der Waals surface area contributed by atoms with Gasteiger partial charge in [0.05, 0.1) is 10.6 Å². The molecule has 0 radical (unpaired) electrons. The van der Waals surface area contributed by atoms with Gasteiger partial charge in [0.1, 0.15) is 12.4 Å². The predicted octanol–water partition coefficient (Wildman–Crippen LogP) is 4.62. The van der Waals surface area contributed by atoms with Gasteiger partial charge < -0.3 is 4.74 Å². The van der Waals surface area contributed by atoms with E-state index in [9.17, 15) is 8.42 Å². The second-order valence-corrected chi connectivity index (χ2v) is 7.63. The molecule has 3 rings (SSSR count). The first-order chi connectivity index (χ1) is 12.6. The molecule has 0 amide bonds. The van der Waals surface area contributed by atoms with Crippen LogP contribution in [-0.2, 0) is 10.0 Å². The van der Waals surface area contributed by atoms with E-state index in [2.05, 4.69) is 6.58 Å². The molecule has 0 fully saturated rings. The van der Waals surface area contributed by atoms with E-state index in [0.29, 0.717) is 24.6 Å². The number of nitrogens with zero attached hydrogens (tertiary/aromatic N) is 1. The van der Waals surface area contributed by atoms with E-state index in [1.165, 1.54) is 4.31 Å². The molecule has 0 N–H and O–H groups in total. The second-order valence-electron chi connectivity index (χ2n) is 5.77. The molecule has 0 saturated heterocycles. The number of rotatable bonds is 7. The summed E-state index contributed by atoms with van der Waals surface area (Å²) < 4.78 is 33.1. The summed E-state index contributed by atoms with van der Waals surface area (Å²) in [6, 6.07) is 19.9. The van der Waals surface area contributed by atoms with Crippen molar-refractivity contribution in [1.82, 2.24) is 0 Å². The van der Waals surface area contributed by atoms with Gasteiger partial charge in [0, 0.05) is 6.54 Å². The summed E-state index contributed by atoms with van der Waals surface area (Å²) in [5.74, 6) is 0.674. The van der Waals surface area contributed by atoms with Gasteiger partial charge in [0.25, 0.3) is 10.0 Å². The van der Waals surface area contributed by atoms with E-state index >= 15 is 0 Å². The molecule has 134 valence electrons. The fourth-order valence-electron chi connectivity index (χ4n) is 2.81. The van der Waals surface area contributed by atoms with Crippen molar-refractivity contribution in [2.24, 2.45) is 0 Å². The molecule has 0 spiro atoms. The minimum atomic E-state index is -3.65. The Balaban J connectivity index is 1.95. The number of sulfonamides is 1. The molecule has 0 unspecified atom stereocenters. The zero-order valence-corrected chi connectivity index (χ0v) is 15.4. The number of anilines is 1. The Hall–Kier alpha value is -2.79. The lowest BCUT2D eigenvalue weighted by atomic mass is 10.1. The van der Waals surface area contributed by atoms with Crippen molar-refractivity contribution in [3.05, 3.63) is 79.4 Å². The molecule has 3 aromatic rings. The zero-order valence-electron chi connectivity index (χ0n) is 14.6. The predicted molar refractivity (Wildman–Crippen MR) is 106 cm³/mol. The van der Waals surface area contributed by atoms with Gasteiger partial charge in [-0.15, -0.1) is 0 Å². The SMILES string of the molecule is C=CCOc1ccc(N(CC)S(=O)(=O)c2ccc3ccccc3c2)cc1. The monoisotopic (exact) mass is 367 g/mol. The van der Waals surface area contributed by atoms with Crippen molar-refractivity contribution in [2.45, 2.75) is 11.8 Å². The van der Waals surface area contributed by atoms with Gasteiger partial charge in [-0.1, -0.05) is 43.0 Å². The van der Waals surface area contributed by atoms with E-state index < -0.39 is 10.0 Å². The lowest BCUT2D eigenvalue weighted by Gasteiger charge is -2.23. The molecule has 0 heterocycles. The maximum atomic E-state index is 13.1. The fraction of sp³-hybridized carbons (Fsp3) is 0.143. The molecule has 0 atom stereocenters. The highest BCUT2D eigenvalue weighted by Crippen LogP contribution is 2.27. The maximum Gasteiger partial charge on any atom is 0.264 e. The Bertz CT molecular complexity index is 1010. The van der Waals surface area contributed by atoms with Crippen LogP contribution < -0.4 is 9.04 Å². The Labute approximate surface area is 154 Å². The Kier molecular flexibility index (Phi) is 5.28. The average Bonchev–Trinajstić information content (AvgIpc) is 2.67. The minimum absolute atomic E-state index is 0.282. The summed E-state index contributed by atoms with van der Waals surface area (Å²) in [4.78, 5) is 0.282. The summed E-state index contributed by atoms with van der Waals surface area (Å²) in [5.41, 5.74) is 0.603. The number of fused-ring (bicyclic) bond motifs is 1. The fourth-order valence-corrected chi connectivity index (χ4v) is 4.32. The van der Waals surface area contributed by atoms with Crippen molar-refractivity contribution in [1.29, 1.82) is 0 Å². The van der Waals surface area contributed by atoms with E-state index in [4.69, 9.17) is 4.74 Å². The van der Waals surface area contributed by atoms with Crippen LogP contribution in [0.15, 0.2) is 84.3 Å². The quantitative estimate of drug-likeness (QED) is 0.573. The molecule has 0 aromatic heterocycles. The standard InChI is InChI=1S/C21H21NO3S/c1-3-15-25-20-12-10-19(11-13-20)22(4-2)26(23,24)21-14-9-17-7-5-6-8-18(17)16-21/h3,5-14,16H,1,4,15H2,2H3. The van der Waals surface area contributed by atoms with Crippen molar-refractivity contribution < 1.29 is 13.2 Å². The van der Waals surface area contributed by atoms with E-state index in [-0.39, 0.29) is 4.90 Å². The van der Waals surface area contributed by atoms with Crippen molar-refractivity contribution >= 4 is 26.5 Å². The third-order valence-electron chi connectivity index (χ3n) is 4.09. The Morgan fingerprint density at radius 2 is 1.69 bits per heavy atom. The van der Waals surface area contributed by atoms with Crippen LogP contribution in [0.1, 0.15) is 6.92 Å². The van der Waals surface area contributed by atoms with Gasteiger partial charge in [0.15, 0.2) is 0 Å². The molecule has 0 aliphatic heterocycles. The molecule has 4 nitrogen and oxygen atoms in total. The van der Waals surface area contributed by atoms with Crippen LogP contribution in [-0.4, -0.2) is 21.6 Å². The van der Waals surface area contributed by atoms with Gasteiger partial charge in [0.2, 0.25) is 0 Å². The number of hydrogen-bond donors (Lipinski definition) is 0. The molecule has 0 aliphatic carbocycles. The molecular formula is C21H21NO3S. The minimum Gasteiger partial charge on any atom is -0.490 e. The number of benzene rings is 3. The highest BCUT2D eigenvalue weighted by Gasteiger charge is 2.23. The molecule has 0 bridgehead atoms. The molecule has 0 saturated carbocycles. The van der Waals surface area contributed by atoms with Crippen LogP contribution in [0.2, 0.25) is 0 Å². The second kappa shape index (κ2) is 7.62. The van der Waals surface area contributed by atoms with E-state index in [0.717, 1.165) is 10.8 Å². The molecule has 0 aliphatic rings. The number of hydrogen-bond acceptors (Lipinski definition) is 3. The van der Waals surface area contributed by atoms with E-state index in [1.54, 1.807) is 42.5 Å². The van der Waals surface area contributed by atoms with Gasteiger partial charge in [-0.2, -0.15) is 0 Å². The van der Waals surface area contributed by atoms with Crippen molar-refractivity contribution in [2.75, 3.05) is 17.5 Å². The van der Waals surface area contributed by atoms with Crippen molar-refractivity contribution in [3.8, 4) is 5.75 Å². The molecule has 5 heteroatoms. The lowest BCUT2D eigenvalue weighted by molar-refractivity contribution is 0.363. The van der Waals surface area contributed by atoms with Crippen LogP contribution in [0.4, 0.5) is 5.69 Å². The summed E-state index contributed by atoms with van der Waals surface area (Å²) in [6.07, 6.45) is 1.66. The first kappa shape index (κ1) is 18.0. The first-order valence-electron chi connectivity index (χ1n) is 8.41. The summed E-state index contributed by atoms with van der Waals surface area (Å²) in [6.45, 7) is 6.17. The van der Waals surface area contributed by atoms with Crippen LogP contribution >= 0.6 is 0 Å². The van der Waals surface area contributed by atoms with E-state index in [1.807, 2.05) is 37.3 Å². The molecular weight excluding hydrogens is 346 g/mol. The molecule has 26 heavy (non-hydrogen) atoms. The van der Waals surface area contributed by atoms with Gasteiger partial charge >= 0.3 is 0 Å². The van der Waals surface area contributed by atoms with Crippen LogP contribution in [0.5, 0.6) is 5.75 Å². The van der Waals surface area contributed by atoms with Gasteiger partial charge in [-0.05, 0) is 54.1 Å². The topological polar surface area (TPSA) is 46.6 Å². The van der Waals surface area contributed by atoms with Crippen LogP contribution in [0.3, 0.4) is 0 Å². The summed E-state index contributed by atoms with van der Waals surface area (Å²) in [7, 11) is -3.65. The summed E-state index contributed by atoms with van der Waals surface area (Å²) in [5, 5.41) is 1.91. The normalized spacial score (nSPS) is 11.3. The van der Waals surface area contributed by atoms with Gasteiger partial charge in [-0.25, -0.2) is 8.42 Å². The largest absolute Gasteiger partial charge is 0.490 e. The Morgan fingerprint density at radius 1 is 1.00 bits per heavy atom. The highest BCUT2D eigenvalue weighted by atomic mass is 32.2. The third-order valence-corrected chi connectivity index (χ3v) is 5.99. The Morgan fingerprint density at radius 3 is 2.35 bits per heavy atom. The zero-order chi connectivity index (χ0) is 18.6. The smallest absolute Gasteiger partial charge is 0.264 e. The van der Waals surface area contributed by atoms with Crippen LogP contribution in [0, 0.1) is 0 Å². The van der Waals surface area contributed by atoms with Crippen LogP contribution in [0.25, 0.3) is 10.8 Å². The van der Waals surface area contributed by atoms with Gasteiger partial charge in [-0.3, -0.25) is 4.31 Å². The van der Waals surface area contributed by atoms with Crippen molar-refractivity contribution in [3.63, 3.8) is 0 Å². The molecule has 3 aromatic carbocycles. The average molecular weight is 367 g/mol. The summed E-state index contributed by atoms with van der Waals surface area (Å²) >= 11 is 0. The maximum absolute atomic E-state index is 13.1. The third kappa shape index (κ3) is 3.58. The first-order valence-corrected chi connectivity index (χ1v) is 9.85. The lowest BCUT2D eigenvalue weighted by Crippen LogP contribution is -2.30. The number of ether oxygens (including phenoxy) is 1. The highest BCUT2D eigenvalue weighted by molar-refractivity contribution is 7.92.